The molecule has 0 saturated carbocycles. The molecule has 0 fully saturated rings. The molecule has 1 aromatic rings. The number of aliphatic imine (C=N–C) groups is 1. The van der Waals surface area contributed by atoms with Crippen LogP contribution in [0.2, 0.25) is 0 Å². The molecule has 2 rings (SSSR count). The van der Waals surface area contributed by atoms with Crippen LogP contribution in [-0.4, -0.2) is 12.3 Å². The zero-order valence-corrected chi connectivity index (χ0v) is 7.17. The molecule has 0 amide bonds. The van der Waals surface area contributed by atoms with Gasteiger partial charge in [0.05, 0.1) is 0 Å². The third kappa shape index (κ3) is 1.09. The van der Waals surface area contributed by atoms with E-state index in [1.807, 2.05) is 19.1 Å². The molecule has 62 valence electrons. The maximum absolute atomic E-state index is 5.69. The van der Waals surface area contributed by atoms with Gasteiger partial charge in [-0.15, -0.1) is 0 Å². The van der Waals surface area contributed by atoms with Gasteiger partial charge in [-0.05, 0) is 36.6 Å². The largest absolute Gasteiger partial charge is 0.399 e. The molecule has 2 nitrogen and oxygen atoms in total. The summed E-state index contributed by atoms with van der Waals surface area (Å²) in [6, 6.07) is 6.04. The highest BCUT2D eigenvalue weighted by atomic mass is 14.7. The number of fused-ring (bicyclic) bond motifs is 1. The zero-order valence-electron chi connectivity index (χ0n) is 7.17. The lowest BCUT2D eigenvalue weighted by Crippen LogP contribution is -2.09. The molecule has 0 unspecified atom stereocenters. The fraction of sp³-hybridized carbons (Fsp3) is 0.300. The van der Waals surface area contributed by atoms with Gasteiger partial charge in [0.15, 0.2) is 0 Å². The van der Waals surface area contributed by atoms with Crippen LogP contribution in [0.25, 0.3) is 0 Å². The number of benzene rings is 1. The summed E-state index contributed by atoms with van der Waals surface area (Å²) in [4.78, 5) is 4.38. The van der Waals surface area contributed by atoms with E-state index in [1.165, 1.54) is 11.1 Å². The minimum Gasteiger partial charge on any atom is -0.399 e. The first-order chi connectivity index (χ1) is 5.77. The molecule has 1 aliphatic heterocycles. The van der Waals surface area contributed by atoms with E-state index in [-0.39, 0.29) is 0 Å². The Morgan fingerprint density at radius 1 is 1.42 bits per heavy atom. The van der Waals surface area contributed by atoms with Crippen molar-refractivity contribution in [3.63, 3.8) is 0 Å². The first kappa shape index (κ1) is 7.35. The summed E-state index contributed by atoms with van der Waals surface area (Å²) < 4.78 is 0. The summed E-state index contributed by atoms with van der Waals surface area (Å²) in [6.45, 7) is 2.95. The first-order valence-electron chi connectivity index (χ1n) is 4.17. The lowest BCUT2D eigenvalue weighted by Gasteiger charge is -2.14. The smallest absolute Gasteiger partial charge is 0.0433 e. The summed E-state index contributed by atoms with van der Waals surface area (Å²) in [6.07, 6.45) is 1.03. The topological polar surface area (TPSA) is 38.4 Å². The SMILES string of the molecule is CC1=NCCc2cc(N)ccc21. The van der Waals surface area contributed by atoms with Crippen molar-refractivity contribution in [2.75, 3.05) is 12.3 Å². The number of anilines is 1. The Morgan fingerprint density at radius 3 is 3.08 bits per heavy atom. The Kier molecular flexibility index (Phi) is 1.61. The number of nitrogens with two attached hydrogens (primary N) is 1. The van der Waals surface area contributed by atoms with Crippen molar-refractivity contribution >= 4 is 11.4 Å². The molecule has 12 heavy (non-hydrogen) atoms. The summed E-state index contributed by atoms with van der Waals surface area (Å²) >= 11 is 0. The lowest BCUT2D eigenvalue weighted by atomic mass is 9.98. The van der Waals surface area contributed by atoms with Crippen LogP contribution < -0.4 is 5.73 Å². The molecule has 0 atom stereocenters. The number of hydrogen-bond donors (Lipinski definition) is 1. The minimum atomic E-state index is 0.850. The van der Waals surface area contributed by atoms with E-state index < -0.39 is 0 Å². The van der Waals surface area contributed by atoms with Gasteiger partial charge >= 0.3 is 0 Å². The molecule has 1 heterocycles. The van der Waals surface area contributed by atoms with Crippen molar-refractivity contribution in [2.45, 2.75) is 13.3 Å². The van der Waals surface area contributed by atoms with E-state index in [4.69, 9.17) is 5.73 Å². The molecule has 0 aliphatic carbocycles. The Labute approximate surface area is 72.1 Å². The predicted octanol–water partition coefficient (Wildman–Crippen LogP) is 1.63. The fourth-order valence-corrected chi connectivity index (χ4v) is 1.60. The van der Waals surface area contributed by atoms with Gasteiger partial charge < -0.3 is 5.73 Å². The quantitative estimate of drug-likeness (QED) is 0.575. The van der Waals surface area contributed by atoms with Crippen LogP contribution in [-0.2, 0) is 6.42 Å². The van der Waals surface area contributed by atoms with E-state index >= 15 is 0 Å². The number of nitrogen functional groups attached to an aromatic ring is 1. The first-order valence-corrected chi connectivity index (χ1v) is 4.17. The van der Waals surface area contributed by atoms with E-state index in [9.17, 15) is 0 Å². The van der Waals surface area contributed by atoms with Crippen LogP contribution in [0.15, 0.2) is 23.2 Å². The van der Waals surface area contributed by atoms with Gasteiger partial charge in [-0.25, -0.2) is 0 Å². The summed E-state index contributed by atoms with van der Waals surface area (Å²) in [5, 5.41) is 0. The van der Waals surface area contributed by atoms with Gasteiger partial charge in [0.1, 0.15) is 0 Å². The molecular formula is C10H12N2. The number of hydrogen-bond acceptors (Lipinski definition) is 2. The van der Waals surface area contributed by atoms with Gasteiger partial charge in [0.2, 0.25) is 0 Å². The highest BCUT2D eigenvalue weighted by molar-refractivity contribution is 6.01. The van der Waals surface area contributed by atoms with Gasteiger partial charge in [0.25, 0.3) is 0 Å². The van der Waals surface area contributed by atoms with Crippen LogP contribution >= 0.6 is 0 Å². The zero-order chi connectivity index (χ0) is 8.55. The van der Waals surface area contributed by atoms with E-state index in [0.717, 1.165) is 24.4 Å². The molecule has 0 bridgehead atoms. The average molecular weight is 160 g/mol. The van der Waals surface area contributed by atoms with E-state index in [0.29, 0.717) is 0 Å². The second kappa shape index (κ2) is 2.63. The number of nitrogens with zero attached hydrogens (tertiary/aromatic N) is 1. The van der Waals surface area contributed by atoms with E-state index in [1.54, 1.807) is 0 Å². The van der Waals surface area contributed by atoms with Crippen molar-refractivity contribution in [1.29, 1.82) is 0 Å². The van der Waals surface area contributed by atoms with Crippen LogP contribution in [0.1, 0.15) is 18.1 Å². The lowest BCUT2D eigenvalue weighted by molar-refractivity contribution is 0.942. The van der Waals surface area contributed by atoms with Crippen molar-refractivity contribution in [3.8, 4) is 0 Å². The maximum atomic E-state index is 5.69. The molecule has 1 aromatic carbocycles. The van der Waals surface area contributed by atoms with E-state index in [2.05, 4.69) is 11.1 Å². The monoisotopic (exact) mass is 160 g/mol. The molecule has 2 heteroatoms. The van der Waals surface area contributed by atoms with Gasteiger partial charge in [-0.2, -0.15) is 0 Å². The Bertz CT molecular complexity index is 340. The normalized spacial score (nSPS) is 15.2. The number of rotatable bonds is 0. The molecular weight excluding hydrogens is 148 g/mol. The third-order valence-corrected chi connectivity index (χ3v) is 2.25. The highest BCUT2D eigenvalue weighted by Gasteiger charge is 2.09. The second-order valence-electron chi connectivity index (χ2n) is 3.13. The predicted molar refractivity (Wildman–Crippen MR) is 51.6 cm³/mol. The van der Waals surface area contributed by atoms with Crippen molar-refractivity contribution in [2.24, 2.45) is 4.99 Å². The summed E-state index contributed by atoms with van der Waals surface area (Å²) in [5.41, 5.74) is 10.3. The van der Waals surface area contributed by atoms with Gasteiger partial charge in [-0.3, -0.25) is 4.99 Å². The van der Waals surface area contributed by atoms with Crippen LogP contribution in [0.3, 0.4) is 0 Å². The van der Waals surface area contributed by atoms with Crippen LogP contribution in [0.4, 0.5) is 5.69 Å². The second-order valence-corrected chi connectivity index (χ2v) is 3.13. The maximum Gasteiger partial charge on any atom is 0.0433 e. The summed E-state index contributed by atoms with van der Waals surface area (Å²) in [5.74, 6) is 0. The Balaban J connectivity index is 2.56. The molecule has 2 N–H and O–H groups in total. The molecule has 0 saturated heterocycles. The highest BCUT2D eigenvalue weighted by Crippen LogP contribution is 2.18. The third-order valence-electron chi connectivity index (χ3n) is 2.25. The Hall–Kier alpha value is -1.31. The van der Waals surface area contributed by atoms with Crippen molar-refractivity contribution in [3.05, 3.63) is 29.3 Å². The molecule has 1 aliphatic rings. The molecule has 0 aromatic heterocycles. The van der Waals surface area contributed by atoms with Crippen LogP contribution in [0.5, 0.6) is 0 Å². The van der Waals surface area contributed by atoms with Crippen molar-refractivity contribution < 1.29 is 0 Å². The van der Waals surface area contributed by atoms with Crippen molar-refractivity contribution in [1.82, 2.24) is 0 Å². The molecule has 0 radical (unpaired) electrons. The average Bonchev–Trinajstić information content (AvgIpc) is 2.04. The Morgan fingerprint density at radius 2 is 2.25 bits per heavy atom. The van der Waals surface area contributed by atoms with Crippen LogP contribution in [0, 0.1) is 0 Å². The molecule has 0 spiro atoms. The summed E-state index contributed by atoms with van der Waals surface area (Å²) in [7, 11) is 0. The fourth-order valence-electron chi connectivity index (χ4n) is 1.60. The van der Waals surface area contributed by atoms with Gasteiger partial charge in [-0.1, -0.05) is 6.07 Å². The standard InChI is InChI=1S/C10H12N2/c1-7-10-3-2-9(11)6-8(10)4-5-12-7/h2-3,6H,4-5,11H2,1H3. The van der Waals surface area contributed by atoms with Gasteiger partial charge in [0, 0.05) is 17.9 Å². The minimum absolute atomic E-state index is 0.850.